The van der Waals surface area contributed by atoms with E-state index < -0.39 is 36.0 Å². The molecule has 0 radical (unpaired) electrons. The number of nitrogens with zero attached hydrogens (tertiary/aromatic N) is 1. The van der Waals surface area contributed by atoms with Crippen molar-refractivity contribution in [3.63, 3.8) is 0 Å². The number of carbonyl (C=O) groups is 2. The van der Waals surface area contributed by atoms with Gasteiger partial charge in [-0.05, 0) is 55.2 Å². The summed E-state index contributed by atoms with van der Waals surface area (Å²) in [5, 5.41) is 9.64. The summed E-state index contributed by atoms with van der Waals surface area (Å²) in [5.41, 5.74) is 8.07. The van der Waals surface area contributed by atoms with E-state index in [0.717, 1.165) is 36.7 Å². The molecule has 1 aromatic heterocycles. The minimum atomic E-state index is -1.13. The standard InChI is InChI=1S/C23H22F2N2O4/c24-14-8-9-16(25)13(10-14)11-27-17-5-2-1-4-15(23(26)30)21(17)22-18(27)6-3-7-19(22)31-12-20(28)29/h3,6-10,15H,1-2,4-5,11-12H2,(H2,26,30)(H,28,29). The molecule has 162 valence electrons. The van der Waals surface area contributed by atoms with E-state index in [0.29, 0.717) is 35.1 Å². The summed E-state index contributed by atoms with van der Waals surface area (Å²) in [5.74, 6) is -2.94. The zero-order chi connectivity index (χ0) is 22.1. The zero-order valence-corrected chi connectivity index (χ0v) is 16.7. The normalized spacial score (nSPS) is 16.0. The van der Waals surface area contributed by atoms with Crippen molar-refractivity contribution in [1.29, 1.82) is 0 Å². The lowest BCUT2D eigenvalue weighted by molar-refractivity contribution is -0.139. The number of hydrogen-bond donors (Lipinski definition) is 2. The van der Waals surface area contributed by atoms with Crippen LogP contribution in [-0.4, -0.2) is 28.2 Å². The molecular weight excluding hydrogens is 406 g/mol. The molecule has 8 heteroatoms. The summed E-state index contributed by atoms with van der Waals surface area (Å²) < 4.78 is 35.6. The Morgan fingerprint density at radius 3 is 2.74 bits per heavy atom. The number of carbonyl (C=O) groups excluding carboxylic acids is 1. The van der Waals surface area contributed by atoms with Gasteiger partial charge in [-0.2, -0.15) is 0 Å². The second-order valence-electron chi connectivity index (χ2n) is 7.72. The summed E-state index contributed by atoms with van der Waals surface area (Å²) >= 11 is 0. The van der Waals surface area contributed by atoms with Crippen LogP contribution >= 0.6 is 0 Å². The number of primary amides is 1. The van der Waals surface area contributed by atoms with Gasteiger partial charge >= 0.3 is 5.97 Å². The number of fused-ring (bicyclic) bond motifs is 3. The first kappa shape index (κ1) is 20.8. The molecule has 2 aromatic carbocycles. The topological polar surface area (TPSA) is 94.6 Å². The summed E-state index contributed by atoms with van der Waals surface area (Å²) in [7, 11) is 0. The molecule has 31 heavy (non-hydrogen) atoms. The van der Waals surface area contributed by atoms with Gasteiger partial charge in [0.1, 0.15) is 17.4 Å². The van der Waals surface area contributed by atoms with Gasteiger partial charge < -0.3 is 20.1 Å². The predicted molar refractivity (Wildman–Crippen MR) is 110 cm³/mol. The summed E-state index contributed by atoms with van der Waals surface area (Å²) in [6.07, 6.45) is 2.78. The number of amides is 1. The molecule has 1 aliphatic rings. The van der Waals surface area contributed by atoms with E-state index in [1.807, 2.05) is 4.57 Å². The maximum atomic E-state index is 14.4. The van der Waals surface area contributed by atoms with Crippen LogP contribution in [0.25, 0.3) is 10.9 Å². The van der Waals surface area contributed by atoms with Crippen molar-refractivity contribution in [1.82, 2.24) is 4.57 Å². The monoisotopic (exact) mass is 428 g/mol. The van der Waals surface area contributed by atoms with Crippen LogP contribution in [0.2, 0.25) is 0 Å². The molecule has 1 heterocycles. The Morgan fingerprint density at radius 2 is 2.00 bits per heavy atom. The van der Waals surface area contributed by atoms with E-state index in [2.05, 4.69) is 0 Å². The molecule has 0 spiro atoms. The van der Waals surface area contributed by atoms with Crippen molar-refractivity contribution >= 4 is 22.8 Å². The first-order valence-corrected chi connectivity index (χ1v) is 10.1. The molecule has 1 aliphatic carbocycles. The second-order valence-corrected chi connectivity index (χ2v) is 7.72. The summed E-state index contributed by atoms with van der Waals surface area (Å²) in [6.45, 7) is -0.484. The number of carboxylic acids is 1. The zero-order valence-electron chi connectivity index (χ0n) is 16.7. The number of rotatable bonds is 6. The minimum Gasteiger partial charge on any atom is -0.481 e. The number of benzene rings is 2. The summed E-state index contributed by atoms with van der Waals surface area (Å²) in [6, 6.07) is 8.45. The second kappa shape index (κ2) is 8.37. The quantitative estimate of drug-likeness (QED) is 0.585. The molecule has 0 bridgehead atoms. The number of nitrogens with two attached hydrogens (primary N) is 1. The first-order valence-electron chi connectivity index (χ1n) is 10.1. The number of halogens is 2. The number of hydrogen-bond acceptors (Lipinski definition) is 3. The largest absolute Gasteiger partial charge is 0.481 e. The predicted octanol–water partition coefficient (Wildman–Crippen LogP) is 3.73. The van der Waals surface area contributed by atoms with Crippen LogP contribution in [0.5, 0.6) is 5.75 Å². The molecule has 1 unspecified atom stereocenters. The molecule has 0 fully saturated rings. The molecule has 0 saturated carbocycles. The highest BCUT2D eigenvalue weighted by Crippen LogP contribution is 2.42. The van der Waals surface area contributed by atoms with E-state index >= 15 is 0 Å². The molecule has 0 saturated heterocycles. The van der Waals surface area contributed by atoms with Crippen LogP contribution in [0, 0.1) is 11.6 Å². The van der Waals surface area contributed by atoms with E-state index in [1.54, 1.807) is 18.2 Å². The fraction of sp³-hybridized carbons (Fsp3) is 0.304. The van der Waals surface area contributed by atoms with Crippen LogP contribution in [-0.2, 0) is 22.6 Å². The summed E-state index contributed by atoms with van der Waals surface area (Å²) in [4.78, 5) is 23.4. The average Bonchev–Trinajstić information content (AvgIpc) is 2.88. The van der Waals surface area contributed by atoms with Crippen molar-refractivity contribution in [3.8, 4) is 5.75 Å². The van der Waals surface area contributed by atoms with E-state index in [-0.39, 0.29) is 12.1 Å². The smallest absolute Gasteiger partial charge is 0.341 e. The van der Waals surface area contributed by atoms with Gasteiger partial charge in [0.05, 0.1) is 18.0 Å². The fourth-order valence-electron chi connectivity index (χ4n) is 4.44. The minimum absolute atomic E-state index is 0.0588. The van der Waals surface area contributed by atoms with Gasteiger partial charge in [-0.3, -0.25) is 4.79 Å². The Kier molecular flexibility index (Phi) is 5.63. The lowest BCUT2D eigenvalue weighted by atomic mass is 9.92. The lowest BCUT2D eigenvalue weighted by Gasteiger charge is -2.14. The van der Waals surface area contributed by atoms with Crippen LogP contribution < -0.4 is 10.5 Å². The van der Waals surface area contributed by atoms with Crippen molar-refractivity contribution in [3.05, 3.63) is 64.9 Å². The third-order valence-corrected chi connectivity index (χ3v) is 5.74. The molecule has 3 aromatic rings. The van der Waals surface area contributed by atoms with Crippen LogP contribution in [0.4, 0.5) is 8.78 Å². The average molecular weight is 428 g/mol. The lowest BCUT2D eigenvalue weighted by Crippen LogP contribution is -2.21. The van der Waals surface area contributed by atoms with Gasteiger partial charge in [0, 0.05) is 16.6 Å². The fourth-order valence-corrected chi connectivity index (χ4v) is 4.44. The number of aromatic nitrogens is 1. The molecule has 6 nitrogen and oxygen atoms in total. The number of aliphatic carboxylic acids is 1. The van der Waals surface area contributed by atoms with Gasteiger partial charge in [-0.1, -0.05) is 12.5 Å². The van der Waals surface area contributed by atoms with Crippen LogP contribution in [0.15, 0.2) is 36.4 Å². The van der Waals surface area contributed by atoms with Gasteiger partial charge in [-0.15, -0.1) is 0 Å². The third-order valence-electron chi connectivity index (χ3n) is 5.74. The third kappa shape index (κ3) is 3.97. The molecule has 1 amide bonds. The Bertz CT molecular complexity index is 1170. The molecule has 4 rings (SSSR count). The Morgan fingerprint density at radius 1 is 1.19 bits per heavy atom. The van der Waals surface area contributed by atoms with Gasteiger partial charge in [-0.25, -0.2) is 13.6 Å². The van der Waals surface area contributed by atoms with Crippen molar-refractivity contribution in [2.75, 3.05) is 6.61 Å². The highest BCUT2D eigenvalue weighted by atomic mass is 19.1. The highest BCUT2D eigenvalue weighted by Gasteiger charge is 2.31. The van der Waals surface area contributed by atoms with E-state index in [1.165, 1.54) is 0 Å². The first-order chi connectivity index (χ1) is 14.9. The van der Waals surface area contributed by atoms with Crippen molar-refractivity contribution in [2.45, 2.75) is 38.1 Å². The maximum Gasteiger partial charge on any atom is 0.341 e. The molecule has 1 atom stereocenters. The van der Waals surface area contributed by atoms with Crippen molar-refractivity contribution in [2.24, 2.45) is 5.73 Å². The van der Waals surface area contributed by atoms with Gasteiger partial charge in [0.2, 0.25) is 5.91 Å². The highest BCUT2D eigenvalue weighted by molar-refractivity contribution is 5.97. The molecule has 3 N–H and O–H groups in total. The van der Waals surface area contributed by atoms with Crippen LogP contribution in [0.1, 0.15) is 42.0 Å². The van der Waals surface area contributed by atoms with Gasteiger partial charge in [0.25, 0.3) is 0 Å². The van der Waals surface area contributed by atoms with E-state index in [9.17, 15) is 18.4 Å². The Balaban J connectivity index is 1.96. The Hall–Kier alpha value is -3.42. The Labute approximate surface area is 177 Å². The van der Waals surface area contributed by atoms with Crippen LogP contribution in [0.3, 0.4) is 0 Å². The van der Waals surface area contributed by atoms with Crippen molar-refractivity contribution < 1.29 is 28.2 Å². The molecular formula is C23H22F2N2O4. The maximum absolute atomic E-state index is 14.4. The number of carboxylic acid groups (broad SMARTS) is 1. The van der Waals surface area contributed by atoms with E-state index in [4.69, 9.17) is 15.6 Å². The van der Waals surface area contributed by atoms with Gasteiger partial charge in [0.15, 0.2) is 6.61 Å². The molecule has 0 aliphatic heterocycles. The SMILES string of the molecule is NC(=O)C1CCCCc2c1c1c(OCC(=O)O)cccc1n2Cc1cc(F)ccc1F. The number of ether oxygens (including phenoxy) is 1.